The second-order valence-corrected chi connectivity index (χ2v) is 15.3. The van der Waals surface area contributed by atoms with Crippen LogP contribution in [0.1, 0.15) is 103 Å². The van der Waals surface area contributed by atoms with Crippen LogP contribution in [0.5, 0.6) is 23.0 Å². The fraction of sp³-hybridized carbons (Fsp3) is 0.535. The van der Waals surface area contributed by atoms with E-state index in [1.807, 2.05) is 25.1 Å². The van der Waals surface area contributed by atoms with Crippen molar-refractivity contribution in [2.75, 3.05) is 26.9 Å². The second kappa shape index (κ2) is 16.7. The first-order valence-electron chi connectivity index (χ1n) is 19.4. The maximum absolute atomic E-state index is 11.6. The lowest BCUT2D eigenvalue weighted by Gasteiger charge is -2.46. The molecule has 3 aliphatic carbocycles. The number of aromatic nitrogens is 1. The summed E-state index contributed by atoms with van der Waals surface area (Å²) < 4.78 is 18.0. The van der Waals surface area contributed by atoms with Crippen LogP contribution in [0.4, 0.5) is 0 Å². The molecule has 1 saturated carbocycles. The summed E-state index contributed by atoms with van der Waals surface area (Å²) in [7, 11) is 1.43. The maximum Gasteiger partial charge on any atom is 0.201 e. The molecule has 4 aliphatic rings. The van der Waals surface area contributed by atoms with Crippen LogP contribution >= 0.6 is 0 Å². The minimum Gasteiger partial charge on any atom is -0.670 e. The molecule has 2 heterocycles. The normalized spacial score (nSPS) is 29.5. The molecule has 2 aromatic carbocycles. The molecule has 1 aliphatic heterocycles. The van der Waals surface area contributed by atoms with Gasteiger partial charge in [-0.25, -0.2) is 0 Å². The molecule has 9 unspecified atom stereocenters. The molecule has 53 heavy (non-hydrogen) atoms. The van der Waals surface area contributed by atoms with Gasteiger partial charge in [0, 0.05) is 54.2 Å². The van der Waals surface area contributed by atoms with E-state index in [1.165, 1.54) is 7.11 Å². The minimum absolute atomic E-state index is 0.0536. The topological polar surface area (TPSA) is 155 Å². The number of hydrogen-bond acceptors (Lipinski definition) is 9. The van der Waals surface area contributed by atoms with Gasteiger partial charge in [-0.15, -0.1) is 0 Å². The van der Waals surface area contributed by atoms with Crippen molar-refractivity contribution in [3.8, 4) is 23.0 Å². The average Bonchev–Trinajstić information content (AvgIpc) is 3.69. The quantitative estimate of drug-likeness (QED) is 0.0677. The highest BCUT2D eigenvalue weighted by Gasteiger charge is 2.44. The molecule has 9 atom stereocenters. The Bertz CT molecular complexity index is 1760. The van der Waals surface area contributed by atoms with Crippen molar-refractivity contribution in [2.24, 2.45) is 17.8 Å². The van der Waals surface area contributed by atoms with E-state index in [2.05, 4.69) is 40.7 Å². The summed E-state index contributed by atoms with van der Waals surface area (Å²) in [5, 5.41) is 58.9. The highest BCUT2D eigenvalue weighted by Crippen LogP contribution is 2.53. The molecule has 0 bridgehead atoms. The van der Waals surface area contributed by atoms with E-state index in [-0.39, 0.29) is 41.6 Å². The number of ether oxygens (including phenoxy) is 3. The molecular formula is C43H55N2O8-. The number of nitrogens with one attached hydrogen (secondary N) is 1. The Balaban J connectivity index is 1.11. The van der Waals surface area contributed by atoms with Gasteiger partial charge in [0.05, 0.1) is 32.0 Å². The van der Waals surface area contributed by atoms with Crippen LogP contribution in [0.25, 0.3) is 0 Å². The van der Waals surface area contributed by atoms with Crippen LogP contribution in [0, 0.1) is 17.8 Å². The number of rotatable bonds is 13. The first-order valence-corrected chi connectivity index (χ1v) is 19.4. The number of benzene rings is 2. The molecule has 10 heteroatoms. The molecule has 1 aromatic heterocycles. The fourth-order valence-electron chi connectivity index (χ4n) is 9.64. The number of allylic oxidation sites excluding steroid dienone is 3. The highest BCUT2D eigenvalue weighted by atomic mass is 16.5. The number of aromatic hydroxyl groups is 3. The molecule has 7 rings (SSSR count). The number of nitrogens with zero attached hydrogens (tertiary/aromatic N) is 1. The molecule has 0 spiro atoms. The van der Waals surface area contributed by atoms with E-state index >= 15 is 0 Å². The lowest BCUT2D eigenvalue weighted by Crippen LogP contribution is -2.44. The number of fused-ring (bicyclic) bond motifs is 2. The number of aliphatic hydroxyl groups is 2. The van der Waals surface area contributed by atoms with E-state index in [4.69, 9.17) is 14.2 Å². The summed E-state index contributed by atoms with van der Waals surface area (Å²) in [6, 6.07) is 8.27. The Labute approximate surface area is 312 Å². The third kappa shape index (κ3) is 7.75. The van der Waals surface area contributed by atoms with Crippen molar-refractivity contribution >= 4 is 0 Å². The third-order valence-corrected chi connectivity index (χ3v) is 12.3. The van der Waals surface area contributed by atoms with Gasteiger partial charge in [0.15, 0.2) is 11.5 Å². The van der Waals surface area contributed by atoms with Crippen molar-refractivity contribution < 1.29 is 39.7 Å². The molecule has 0 radical (unpaired) electrons. The number of aliphatic hydroxyl groups excluding tert-OH is 2. The van der Waals surface area contributed by atoms with Gasteiger partial charge >= 0.3 is 0 Å². The SMILES string of the molecule is CCOCCCNC1C=CC2C(CC=CC2c2cc(C3CCC4C(O)CC(c5c(CO)c(O)c(O)c(OC)c5Cc5cc[n-]c5)OC4C3)ccc2O)C1. The second-order valence-electron chi connectivity index (χ2n) is 15.3. The van der Waals surface area contributed by atoms with Crippen LogP contribution in [-0.2, 0) is 22.5 Å². The van der Waals surface area contributed by atoms with Gasteiger partial charge in [-0.2, -0.15) is 12.4 Å². The first kappa shape index (κ1) is 37.5. The van der Waals surface area contributed by atoms with Gasteiger partial charge in [0.2, 0.25) is 5.75 Å². The van der Waals surface area contributed by atoms with E-state index < -0.39 is 30.3 Å². The summed E-state index contributed by atoms with van der Waals surface area (Å²) in [4.78, 5) is 4.18. The summed E-state index contributed by atoms with van der Waals surface area (Å²) in [5.74, 6) is 0.553. The zero-order valence-electron chi connectivity index (χ0n) is 30.9. The monoisotopic (exact) mass is 727 g/mol. The number of phenols is 3. The minimum atomic E-state index is -0.651. The van der Waals surface area contributed by atoms with E-state index in [0.29, 0.717) is 47.6 Å². The van der Waals surface area contributed by atoms with Crippen LogP contribution < -0.4 is 15.0 Å². The molecule has 2 fully saturated rings. The molecule has 0 amide bonds. The summed E-state index contributed by atoms with van der Waals surface area (Å²) >= 11 is 0. The maximum atomic E-state index is 11.6. The number of methoxy groups -OCH3 is 1. The Morgan fingerprint density at radius 3 is 2.64 bits per heavy atom. The molecule has 286 valence electrons. The lowest BCUT2D eigenvalue weighted by molar-refractivity contribution is -0.154. The fourth-order valence-corrected chi connectivity index (χ4v) is 9.64. The van der Waals surface area contributed by atoms with Crippen molar-refractivity contribution in [3.05, 3.63) is 94.3 Å². The predicted octanol–water partition coefficient (Wildman–Crippen LogP) is 6.25. The Morgan fingerprint density at radius 2 is 1.87 bits per heavy atom. The van der Waals surface area contributed by atoms with Crippen LogP contribution in [0.2, 0.25) is 0 Å². The predicted molar refractivity (Wildman–Crippen MR) is 201 cm³/mol. The summed E-state index contributed by atoms with van der Waals surface area (Å²) in [6.07, 6.45) is 17.1. The zero-order chi connectivity index (χ0) is 37.1. The van der Waals surface area contributed by atoms with Gasteiger partial charge in [0.25, 0.3) is 0 Å². The highest BCUT2D eigenvalue weighted by molar-refractivity contribution is 5.64. The van der Waals surface area contributed by atoms with Crippen LogP contribution in [-0.4, -0.2) is 70.7 Å². The molecule has 3 aromatic rings. The molecule has 10 nitrogen and oxygen atoms in total. The molecular weight excluding hydrogens is 672 g/mol. The van der Waals surface area contributed by atoms with E-state index in [1.54, 1.807) is 12.4 Å². The van der Waals surface area contributed by atoms with Crippen molar-refractivity contribution in [1.29, 1.82) is 0 Å². The van der Waals surface area contributed by atoms with Crippen molar-refractivity contribution in [3.63, 3.8) is 0 Å². The Hall–Kier alpha value is -3.80. The largest absolute Gasteiger partial charge is 0.670 e. The Morgan fingerprint density at radius 1 is 1.00 bits per heavy atom. The number of phenolic OH excluding ortho intramolecular Hbond substituents is 2. The summed E-state index contributed by atoms with van der Waals surface area (Å²) in [6.45, 7) is 3.96. The zero-order valence-corrected chi connectivity index (χ0v) is 30.9. The molecule has 1 saturated heterocycles. The van der Waals surface area contributed by atoms with Gasteiger partial charge in [-0.05, 0) is 93.4 Å². The summed E-state index contributed by atoms with van der Waals surface area (Å²) in [5.41, 5.74) is 4.28. The van der Waals surface area contributed by atoms with E-state index in [9.17, 15) is 25.5 Å². The standard InChI is InChI=1S/C43H55N2O8/c1-3-52-17-5-15-45-29-10-12-30-28(19-29)6-4-7-31(30)33-20-26(9-13-36(33)47)27-8-11-32-37(48)22-39(53-38(32)21-27)40-34(18-25-14-16-44-23-25)43(51-2)42(50)41(49)35(40)24-46/h4,7,9-10,12-14,16,20,23,27-32,37-39,45-50H,3,5-6,8,11,15,17-19,21-22,24H2,1-2H3/q-1. The third-order valence-electron chi connectivity index (χ3n) is 12.3. The van der Waals surface area contributed by atoms with Crippen LogP contribution in [0.3, 0.4) is 0 Å². The van der Waals surface area contributed by atoms with Gasteiger partial charge in [-0.3, -0.25) is 0 Å². The van der Waals surface area contributed by atoms with Crippen molar-refractivity contribution in [2.45, 2.75) is 101 Å². The van der Waals surface area contributed by atoms with Crippen molar-refractivity contribution in [1.82, 2.24) is 10.3 Å². The average molecular weight is 728 g/mol. The molecule has 6 N–H and O–H groups in total. The Kier molecular flexibility index (Phi) is 11.8. The number of hydrogen-bond donors (Lipinski definition) is 6. The van der Waals surface area contributed by atoms with E-state index in [0.717, 1.165) is 68.6 Å². The van der Waals surface area contributed by atoms with Crippen LogP contribution in [0.15, 0.2) is 61.0 Å². The first-order chi connectivity index (χ1) is 25.8. The van der Waals surface area contributed by atoms with Gasteiger partial charge in [-0.1, -0.05) is 48.1 Å². The van der Waals surface area contributed by atoms with Gasteiger partial charge in [0.1, 0.15) is 5.75 Å². The smallest absolute Gasteiger partial charge is 0.201 e. The van der Waals surface area contributed by atoms with Gasteiger partial charge < -0.3 is 50.0 Å². The lowest BCUT2D eigenvalue weighted by atomic mass is 9.67.